The van der Waals surface area contributed by atoms with Crippen LogP contribution >= 0.6 is 0 Å². The van der Waals surface area contributed by atoms with Gasteiger partial charge in [0.1, 0.15) is 6.17 Å². The third-order valence-corrected chi connectivity index (χ3v) is 3.38. The number of esters is 1. The number of hydrogen-bond donors (Lipinski definition) is 0. The van der Waals surface area contributed by atoms with Crippen LogP contribution in [-0.2, 0) is 16.1 Å². The number of carbonyl (C=O) groups excluding carboxylic acids is 1. The topological polar surface area (TPSA) is 29.5 Å². The summed E-state index contributed by atoms with van der Waals surface area (Å²) in [7, 11) is 1.31. The predicted molar refractivity (Wildman–Crippen MR) is 66.7 cm³/mol. The van der Waals surface area contributed by atoms with Gasteiger partial charge in [-0.15, -0.1) is 0 Å². The van der Waals surface area contributed by atoms with Crippen molar-refractivity contribution in [3.63, 3.8) is 0 Å². The van der Waals surface area contributed by atoms with Gasteiger partial charge in [-0.2, -0.15) is 0 Å². The van der Waals surface area contributed by atoms with Crippen molar-refractivity contribution in [3.05, 3.63) is 35.9 Å². The van der Waals surface area contributed by atoms with Crippen LogP contribution in [0.1, 0.15) is 12.0 Å². The van der Waals surface area contributed by atoms with E-state index in [1.165, 1.54) is 12.7 Å². The van der Waals surface area contributed by atoms with Crippen LogP contribution < -0.4 is 0 Å². The molecule has 0 spiro atoms. The first-order valence-corrected chi connectivity index (χ1v) is 6.19. The first-order valence-electron chi connectivity index (χ1n) is 6.19. The van der Waals surface area contributed by atoms with E-state index < -0.39 is 18.1 Å². The van der Waals surface area contributed by atoms with Crippen molar-refractivity contribution in [3.8, 4) is 0 Å². The molecule has 2 atom stereocenters. The van der Waals surface area contributed by atoms with Crippen LogP contribution in [0.3, 0.4) is 0 Å². The number of rotatable bonds is 3. The van der Waals surface area contributed by atoms with Gasteiger partial charge in [-0.1, -0.05) is 30.3 Å². The quantitative estimate of drug-likeness (QED) is 0.770. The SMILES string of the molecule is COC(=O)C1CCN(Cc2ccccc2)CC1F. The van der Waals surface area contributed by atoms with Crippen LogP contribution in [-0.4, -0.2) is 37.2 Å². The number of alkyl halides is 1. The standard InChI is InChI=1S/C14H18FNO2/c1-18-14(17)12-7-8-16(10-13(12)15)9-11-5-3-2-4-6-11/h2-6,12-13H,7-10H2,1H3. The molecular formula is C14H18FNO2. The second-order valence-electron chi connectivity index (χ2n) is 4.66. The molecule has 1 saturated heterocycles. The predicted octanol–water partition coefficient (Wildman–Crippen LogP) is 2.02. The van der Waals surface area contributed by atoms with Crippen LogP contribution in [0.25, 0.3) is 0 Å². The normalized spacial score (nSPS) is 24.8. The van der Waals surface area contributed by atoms with Crippen LogP contribution in [0.2, 0.25) is 0 Å². The fourth-order valence-corrected chi connectivity index (χ4v) is 2.37. The van der Waals surface area contributed by atoms with E-state index in [0.29, 0.717) is 13.0 Å². The highest BCUT2D eigenvalue weighted by Gasteiger charge is 2.34. The summed E-state index contributed by atoms with van der Waals surface area (Å²) in [6, 6.07) is 9.97. The molecule has 2 rings (SSSR count). The van der Waals surface area contributed by atoms with Crippen LogP contribution in [0.5, 0.6) is 0 Å². The lowest BCUT2D eigenvalue weighted by molar-refractivity contribution is -0.150. The molecule has 1 heterocycles. The fraction of sp³-hybridized carbons (Fsp3) is 0.500. The van der Waals surface area contributed by atoms with Crippen molar-refractivity contribution in [1.82, 2.24) is 4.90 Å². The van der Waals surface area contributed by atoms with Crippen molar-refractivity contribution in [2.45, 2.75) is 19.1 Å². The lowest BCUT2D eigenvalue weighted by Crippen LogP contribution is -2.44. The summed E-state index contributed by atoms with van der Waals surface area (Å²) in [5, 5.41) is 0. The first-order chi connectivity index (χ1) is 8.70. The van der Waals surface area contributed by atoms with Crippen molar-refractivity contribution in [2.24, 2.45) is 5.92 Å². The molecule has 1 aromatic rings. The van der Waals surface area contributed by atoms with Gasteiger partial charge in [-0.05, 0) is 18.5 Å². The number of halogens is 1. The van der Waals surface area contributed by atoms with E-state index in [9.17, 15) is 9.18 Å². The molecule has 0 aliphatic carbocycles. The van der Waals surface area contributed by atoms with Gasteiger partial charge < -0.3 is 4.74 Å². The number of ether oxygens (including phenoxy) is 1. The zero-order valence-corrected chi connectivity index (χ0v) is 10.5. The summed E-state index contributed by atoms with van der Waals surface area (Å²) < 4.78 is 18.5. The summed E-state index contributed by atoms with van der Waals surface area (Å²) in [5.41, 5.74) is 1.17. The van der Waals surface area contributed by atoms with Crippen LogP contribution in [0, 0.1) is 5.92 Å². The molecule has 0 N–H and O–H groups in total. The highest BCUT2D eigenvalue weighted by atomic mass is 19.1. The molecule has 18 heavy (non-hydrogen) atoms. The van der Waals surface area contributed by atoms with Gasteiger partial charge in [0, 0.05) is 13.1 Å². The first kappa shape index (κ1) is 13.0. The third kappa shape index (κ3) is 3.07. The second-order valence-corrected chi connectivity index (χ2v) is 4.66. The van der Waals surface area contributed by atoms with Crippen molar-refractivity contribution < 1.29 is 13.9 Å². The maximum Gasteiger partial charge on any atom is 0.311 e. The Labute approximate surface area is 107 Å². The Morgan fingerprint density at radius 2 is 2.17 bits per heavy atom. The Kier molecular flexibility index (Phi) is 4.31. The average molecular weight is 251 g/mol. The van der Waals surface area contributed by atoms with Gasteiger partial charge in [0.05, 0.1) is 13.0 Å². The Morgan fingerprint density at radius 3 is 2.78 bits per heavy atom. The molecule has 1 aliphatic heterocycles. The highest BCUT2D eigenvalue weighted by molar-refractivity contribution is 5.73. The van der Waals surface area contributed by atoms with Gasteiger partial charge >= 0.3 is 5.97 Å². The summed E-state index contributed by atoms with van der Waals surface area (Å²) in [5.74, 6) is -1.02. The summed E-state index contributed by atoms with van der Waals surface area (Å²) >= 11 is 0. The minimum absolute atomic E-state index is 0.300. The molecule has 3 nitrogen and oxygen atoms in total. The molecule has 2 unspecified atom stereocenters. The number of methoxy groups -OCH3 is 1. The van der Waals surface area contributed by atoms with Crippen molar-refractivity contribution in [2.75, 3.05) is 20.2 Å². The van der Waals surface area contributed by atoms with Gasteiger partial charge in [-0.25, -0.2) is 4.39 Å². The van der Waals surface area contributed by atoms with E-state index in [0.717, 1.165) is 13.1 Å². The van der Waals surface area contributed by atoms with E-state index in [4.69, 9.17) is 0 Å². The van der Waals surface area contributed by atoms with Crippen molar-refractivity contribution in [1.29, 1.82) is 0 Å². The Bertz CT molecular complexity index is 396. The fourth-order valence-electron chi connectivity index (χ4n) is 2.37. The molecule has 0 bridgehead atoms. The molecule has 98 valence electrons. The molecule has 1 fully saturated rings. The zero-order chi connectivity index (χ0) is 13.0. The number of likely N-dealkylation sites (tertiary alicyclic amines) is 1. The molecular weight excluding hydrogens is 233 g/mol. The van der Waals surface area contributed by atoms with E-state index in [2.05, 4.69) is 4.74 Å². The minimum atomic E-state index is -1.13. The van der Waals surface area contributed by atoms with Crippen molar-refractivity contribution >= 4 is 5.97 Å². The van der Waals surface area contributed by atoms with Gasteiger partial charge in [-0.3, -0.25) is 9.69 Å². The monoisotopic (exact) mass is 251 g/mol. The molecule has 0 saturated carbocycles. The van der Waals surface area contributed by atoms with Gasteiger partial charge in [0.15, 0.2) is 0 Å². The van der Waals surface area contributed by atoms with E-state index >= 15 is 0 Å². The lowest BCUT2D eigenvalue weighted by Gasteiger charge is -2.33. The second kappa shape index (κ2) is 5.96. The van der Waals surface area contributed by atoms with Gasteiger partial charge in [0.25, 0.3) is 0 Å². The smallest absolute Gasteiger partial charge is 0.311 e. The maximum atomic E-state index is 13.9. The van der Waals surface area contributed by atoms with E-state index in [1.807, 2.05) is 35.2 Å². The number of hydrogen-bond acceptors (Lipinski definition) is 3. The molecule has 0 aromatic heterocycles. The largest absolute Gasteiger partial charge is 0.469 e. The maximum absolute atomic E-state index is 13.9. The Balaban J connectivity index is 1.90. The lowest BCUT2D eigenvalue weighted by atomic mass is 9.95. The molecule has 0 amide bonds. The number of benzene rings is 1. The number of nitrogens with zero attached hydrogens (tertiary/aromatic N) is 1. The molecule has 1 aliphatic rings. The summed E-state index contributed by atoms with van der Waals surface area (Å²) in [6.07, 6.45) is -0.601. The summed E-state index contributed by atoms with van der Waals surface area (Å²) in [4.78, 5) is 13.4. The Hall–Kier alpha value is -1.42. The van der Waals surface area contributed by atoms with Crippen LogP contribution in [0.15, 0.2) is 30.3 Å². The molecule has 0 radical (unpaired) electrons. The number of carbonyl (C=O) groups is 1. The average Bonchev–Trinajstić information content (AvgIpc) is 2.39. The summed E-state index contributed by atoms with van der Waals surface area (Å²) in [6.45, 7) is 1.76. The highest BCUT2D eigenvalue weighted by Crippen LogP contribution is 2.23. The molecule has 1 aromatic carbocycles. The van der Waals surface area contributed by atoms with E-state index in [-0.39, 0.29) is 0 Å². The third-order valence-electron chi connectivity index (χ3n) is 3.38. The number of piperidine rings is 1. The minimum Gasteiger partial charge on any atom is -0.469 e. The van der Waals surface area contributed by atoms with Gasteiger partial charge in [0.2, 0.25) is 0 Å². The van der Waals surface area contributed by atoms with Crippen LogP contribution in [0.4, 0.5) is 4.39 Å². The van der Waals surface area contributed by atoms with E-state index in [1.54, 1.807) is 0 Å². The molecule has 4 heteroatoms. The Morgan fingerprint density at radius 1 is 1.44 bits per heavy atom. The zero-order valence-electron chi connectivity index (χ0n) is 10.5.